The van der Waals surface area contributed by atoms with Crippen molar-refractivity contribution in [3.05, 3.63) is 86.2 Å². The van der Waals surface area contributed by atoms with E-state index in [0.29, 0.717) is 55.2 Å². The third-order valence-corrected chi connectivity index (χ3v) is 11.8. The molecular weight excluding hydrogens is 590 g/mol. The molecule has 0 bridgehead atoms. The molecule has 47 heavy (non-hydrogen) atoms. The molecule has 0 saturated heterocycles. The minimum absolute atomic E-state index is 0.182. The minimum atomic E-state index is -1.31. The molecule has 2 fully saturated rings. The number of nitrogens with zero attached hydrogens (tertiary/aromatic N) is 3. The Hall–Kier alpha value is -3.39. The molecule has 0 radical (unpaired) electrons. The van der Waals surface area contributed by atoms with Crippen LogP contribution in [0.4, 0.5) is 0 Å². The quantitative estimate of drug-likeness (QED) is 0.286. The van der Waals surface area contributed by atoms with Crippen LogP contribution in [0.5, 0.6) is 0 Å². The van der Waals surface area contributed by atoms with Gasteiger partial charge in [-0.15, -0.1) is 0 Å². The van der Waals surface area contributed by atoms with Crippen LogP contribution in [0.2, 0.25) is 0 Å². The average molecular weight is 644 g/mol. The minimum Gasteiger partial charge on any atom is -0.479 e. The van der Waals surface area contributed by atoms with E-state index in [2.05, 4.69) is 45.9 Å². The Morgan fingerprint density at radius 3 is 2.53 bits per heavy atom. The predicted molar refractivity (Wildman–Crippen MR) is 185 cm³/mol. The van der Waals surface area contributed by atoms with Crippen molar-refractivity contribution >= 4 is 5.97 Å². The predicted octanol–water partition coefficient (Wildman–Crippen LogP) is 7.47. The Balaban J connectivity index is 1.41. The lowest BCUT2D eigenvalue weighted by Crippen LogP contribution is -2.42. The van der Waals surface area contributed by atoms with Crippen molar-refractivity contribution in [2.45, 2.75) is 124 Å². The fourth-order valence-electron chi connectivity index (χ4n) is 9.32. The van der Waals surface area contributed by atoms with Gasteiger partial charge in [0.2, 0.25) is 0 Å². The number of benzene rings is 1. The second-order valence-electron chi connectivity index (χ2n) is 15.8. The second-order valence-corrected chi connectivity index (χ2v) is 15.8. The highest BCUT2D eigenvalue weighted by Gasteiger charge is 2.51. The first kappa shape index (κ1) is 33.5. The summed E-state index contributed by atoms with van der Waals surface area (Å²) < 4.78 is 10.8. The number of hydrogen-bond acceptors (Lipinski definition) is 4. The fraction of sp³-hybridized carbons (Fsp3) is 0.615. The zero-order valence-corrected chi connectivity index (χ0v) is 29.1. The highest BCUT2D eigenvalue weighted by molar-refractivity contribution is 5.76. The maximum Gasteiger partial charge on any atom is 0.352 e. The summed E-state index contributed by atoms with van der Waals surface area (Å²) in [5, 5.41) is 9.79. The van der Waals surface area contributed by atoms with Crippen molar-refractivity contribution in [3.63, 3.8) is 0 Å². The van der Waals surface area contributed by atoms with Crippen LogP contribution in [0.1, 0.15) is 105 Å². The van der Waals surface area contributed by atoms with Crippen molar-refractivity contribution in [2.24, 2.45) is 29.1 Å². The number of fused-ring (bicyclic) bond motifs is 2. The van der Waals surface area contributed by atoms with Gasteiger partial charge in [0.25, 0.3) is 0 Å². The lowest BCUT2D eigenvalue weighted by molar-refractivity contribution is -0.168. The molecule has 2 saturated carbocycles. The number of allylic oxidation sites excluding steroid dienone is 5. The van der Waals surface area contributed by atoms with Gasteiger partial charge in [-0.05, 0) is 124 Å². The van der Waals surface area contributed by atoms with Crippen molar-refractivity contribution in [3.8, 4) is 5.69 Å². The lowest BCUT2D eigenvalue weighted by atomic mass is 9.61. The number of carboxylic acid groups (broad SMARTS) is 1. The topological polar surface area (TPSA) is 95.5 Å². The molecule has 2 heterocycles. The maximum absolute atomic E-state index is 14.3. The molecule has 0 unspecified atom stereocenters. The molecule has 254 valence electrons. The summed E-state index contributed by atoms with van der Waals surface area (Å²) in [6.45, 7) is 13.0. The van der Waals surface area contributed by atoms with Crippen LogP contribution in [0.3, 0.4) is 0 Å². The molecule has 6 atom stereocenters. The maximum atomic E-state index is 14.3. The fourth-order valence-corrected chi connectivity index (χ4v) is 9.32. The summed E-state index contributed by atoms with van der Waals surface area (Å²) in [6, 6.07) is 8.75. The van der Waals surface area contributed by atoms with E-state index in [1.807, 2.05) is 18.2 Å². The van der Waals surface area contributed by atoms with E-state index in [0.717, 1.165) is 31.3 Å². The van der Waals surface area contributed by atoms with Crippen molar-refractivity contribution in [1.82, 2.24) is 13.9 Å². The molecular formula is C39H53N3O5. The van der Waals surface area contributed by atoms with Gasteiger partial charge >= 0.3 is 17.3 Å². The molecule has 2 aromatic rings. The number of aromatic nitrogens is 3. The lowest BCUT2D eigenvalue weighted by Gasteiger charge is -2.44. The first-order chi connectivity index (χ1) is 22.3. The van der Waals surface area contributed by atoms with Gasteiger partial charge in [-0.25, -0.2) is 28.3 Å². The Kier molecular flexibility index (Phi) is 9.20. The van der Waals surface area contributed by atoms with Gasteiger partial charge < -0.3 is 9.84 Å². The summed E-state index contributed by atoms with van der Waals surface area (Å²) in [7, 11) is 0. The molecule has 1 aromatic carbocycles. The smallest absolute Gasteiger partial charge is 0.352 e. The van der Waals surface area contributed by atoms with Crippen molar-refractivity contribution in [2.75, 3.05) is 0 Å². The number of hydrogen-bond donors (Lipinski definition) is 1. The molecule has 4 aliphatic rings. The van der Waals surface area contributed by atoms with Crippen molar-refractivity contribution in [1.29, 1.82) is 0 Å². The zero-order valence-electron chi connectivity index (χ0n) is 29.1. The van der Waals surface area contributed by atoms with Crippen LogP contribution in [-0.2, 0) is 16.1 Å². The molecule has 0 amide bonds. The average Bonchev–Trinajstić information content (AvgIpc) is 3.50. The van der Waals surface area contributed by atoms with Gasteiger partial charge in [-0.1, -0.05) is 69.7 Å². The van der Waals surface area contributed by atoms with E-state index in [4.69, 9.17) is 4.74 Å². The highest BCUT2D eigenvalue weighted by atomic mass is 16.5. The summed E-state index contributed by atoms with van der Waals surface area (Å²) >= 11 is 0. The van der Waals surface area contributed by atoms with Gasteiger partial charge in [-0.3, -0.25) is 0 Å². The van der Waals surface area contributed by atoms with Gasteiger partial charge in [-0.2, -0.15) is 0 Å². The number of carbonyl (C=O) groups is 1. The van der Waals surface area contributed by atoms with Crippen LogP contribution >= 0.6 is 0 Å². The van der Waals surface area contributed by atoms with Crippen LogP contribution in [0, 0.1) is 29.1 Å². The Morgan fingerprint density at radius 2 is 1.83 bits per heavy atom. The number of para-hydroxylation sites is 1. The van der Waals surface area contributed by atoms with E-state index in [-0.39, 0.29) is 22.9 Å². The van der Waals surface area contributed by atoms with Crippen LogP contribution < -0.4 is 11.4 Å². The standard InChI is InChI=1S/C39H53N3O5/c1-25(2)12-10-13-26(3)32-19-20-33-27(14-11-21-39(32,33)6)22-34-31-23-30(47-38(4,5)35(43)44)18-17-28(31)24-40-36(45)41(37(46)42(34)40)29-15-8-7-9-16-29/h7-10,13,15-16,22,25-26,30,32-34H,11-12,14,17-21,23-24H2,1-6H3,(H,43,44)/b13-10+,27-22+/t26-,30+,32-,33+,34-,39-/m1/s1. The Morgan fingerprint density at radius 1 is 1.09 bits per heavy atom. The molecule has 3 aliphatic carbocycles. The van der Waals surface area contributed by atoms with Crippen molar-refractivity contribution < 1.29 is 14.6 Å². The molecule has 8 heteroatoms. The van der Waals surface area contributed by atoms with E-state index in [1.165, 1.54) is 28.6 Å². The third kappa shape index (κ3) is 6.18. The van der Waals surface area contributed by atoms with Gasteiger partial charge in [0, 0.05) is 0 Å². The molecule has 1 aromatic heterocycles. The second kappa shape index (κ2) is 12.9. The van der Waals surface area contributed by atoms with Crippen LogP contribution in [-0.4, -0.2) is 36.7 Å². The summed E-state index contributed by atoms with van der Waals surface area (Å²) in [5.74, 6) is 1.21. The highest BCUT2D eigenvalue weighted by Crippen LogP contribution is 2.60. The third-order valence-electron chi connectivity index (χ3n) is 11.8. The first-order valence-electron chi connectivity index (χ1n) is 17.8. The summed E-state index contributed by atoms with van der Waals surface area (Å²) in [4.78, 5) is 40.1. The van der Waals surface area contributed by atoms with Crippen LogP contribution in [0.15, 0.2) is 74.9 Å². The van der Waals surface area contributed by atoms with Gasteiger partial charge in [0.15, 0.2) is 5.60 Å². The SMILES string of the molecule is CC(C)C/C=C/[C@@H](C)[C@H]1CC[C@H]2/C(=C/[C@@H]3C4=C(CC[C@H](OC(C)(C)C(=O)O)C4)Cn4c(=O)n(-c5ccccc5)c(=O)n43)CCC[C@]12C. The van der Waals surface area contributed by atoms with E-state index in [1.54, 1.807) is 35.3 Å². The Labute approximate surface area is 278 Å². The van der Waals surface area contributed by atoms with E-state index < -0.39 is 17.6 Å². The molecule has 1 N–H and O–H groups in total. The number of aliphatic carboxylic acids is 1. The van der Waals surface area contributed by atoms with E-state index >= 15 is 0 Å². The van der Waals surface area contributed by atoms with E-state index in [9.17, 15) is 19.5 Å². The normalized spacial score (nSPS) is 29.3. The zero-order chi connectivity index (χ0) is 33.7. The molecule has 6 rings (SSSR count). The Bertz CT molecular complexity index is 1700. The molecule has 8 nitrogen and oxygen atoms in total. The largest absolute Gasteiger partial charge is 0.479 e. The number of ether oxygens (including phenoxy) is 1. The number of rotatable bonds is 9. The number of carboxylic acids is 1. The molecule has 0 spiro atoms. The molecule has 1 aliphatic heterocycles. The summed E-state index contributed by atoms with van der Waals surface area (Å²) in [6.07, 6.45) is 15.5. The van der Waals surface area contributed by atoms with Crippen LogP contribution in [0.25, 0.3) is 5.69 Å². The van der Waals surface area contributed by atoms with Gasteiger partial charge in [0.05, 0.1) is 24.4 Å². The first-order valence-corrected chi connectivity index (χ1v) is 17.8. The van der Waals surface area contributed by atoms with Gasteiger partial charge in [0.1, 0.15) is 0 Å². The summed E-state index contributed by atoms with van der Waals surface area (Å²) in [5.41, 5.74) is 2.45. The monoisotopic (exact) mass is 643 g/mol.